The van der Waals surface area contributed by atoms with Crippen LogP contribution in [0.1, 0.15) is 5.56 Å². The van der Waals surface area contributed by atoms with Gasteiger partial charge in [-0.2, -0.15) is 0 Å². The fraction of sp³-hybridized carbons (Fsp3) is 0.250. The summed E-state index contributed by atoms with van der Waals surface area (Å²) in [4.78, 5) is 11.8. The molecule has 0 N–H and O–H groups in total. The first-order valence-electron chi connectivity index (χ1n) is 8.00. The van der Waals surface area contributed by atoms with E-state index in [1.165, 1.54) is 6.08 Å². The molecule has 0 aromatic heterocycles. The molecule has 2 aromatic rings. The van der Waals surface area contributed by atoms with Crippen molar-refractivity contribution in [3.05, 3.63) is 54.1 Å². The molecule has 6 heteroatoms. The highest BCUT2D eigenvalue weighted by atomic mass is 16.6. The first kappa shape index (κ1) is 19.2. The van der Waals surface area contributed by atoms with Gasteiger partial charge in [0, 0.05) is 6.08 Å². The Bertz CT molecular complexity index is 736. The monoisotopic (exact) mass is 358 g/mol. The number of esters is 1. The SMILES string of the molecule is COc1ccc(OCCOC(=O)C=Cc2ccc(OC)c(OC)c2)cc1. The van der Waals surface area contributed by atoms with Gasteiger partial charge in [-0.15, -0.1) is 0 Å². The topological polar surface area (TPSA) is 63.2 Å². The van der Waals surface area contributed by atoms with Crippen molar-refractivity contribution in [3.63, 3.8) is 0 Å². The lowest BCUT2D eigenvalue weighted by Crippen LogP contribution is -2.10. The molecule has 0 heterocycles. The Kier molecular flexibility index (Phi) is 7.36. The van der Waals surface area contributed by atoms with Gasteiger partial charge in [-0.25, -0.2) is 4.79 Å². The van der Waals surface area contributed by atoms with Gasteiger partial charge < -0.3 is 23.7 Å². The van der Waals surface area contributed by atoms with Crippen molar-refractivity contribution in [1.82, 2.24) is 0 Å². The van der Waals surface area contributed by atoms with E-state index in [2.05, 4.69) is 0 Å². The molecule has 0 aliphatic carbocycles. The van der Waals surface area contributed by atoms with E-state index in [0.29, 0.717) is 17.2 Å². The largest absolute Gasteiger partial charge is 0.497 e. The van der Waals surface area contributed by atoms with Crippen LogP contribution in [0.5, 0.6) is 23.0 Å². The summed E-state index contributed by atoms with van der Waals surface area (Å²) < 4.78 is 26.0. The van der Waals surface area contributed by atoms with Crippen molar-refractivity contribution in [3.8, 4) is 23.0 Å². The number of benzene rings is 2. The molecule has 0 radical (unpaired) electrons. The van der Waals surface area contributed by atoms with Crippen LogP contribution < -0.4 is 18.9 Å². The van der Waals surface area contributed by atoms with Crippen molar-refractivity contribution < 1.29 is 28.5 Å². The Morgan fingerprint density at radius 1 is 0.846 bits per heavy atom. The summed E-state index contributed by atoms with van der Waals surface area (Å²) in [7, 11) is 4.73. The van der Waals surface area contributed by atoms with Gasteiger partial charge in [-0.3, -0.25) is 0 Å². The Labute approximate surface area is 152 Å². The van der Waals surface area contributed by atoms with Crippen LogP contribution in [0.15, 0.2) is 48.5 Å². The zero-order valence-electron chi connectivity index (χ0n) is 15.1. The minimum absolute atomic E-state index is 0.154. The van der Waals surface area contributed by atoms with Gasteiger partial charge in [0.2, 0.25) is 0 Å². The highest BCUT2D eigenvalue weighted by molar-refractivity contribution is 5.87. The first-order valence-corrected chi connectivity index (χ1v) is 8.00. The quantitative estimate of drug-likeness (QED) is 0.389. The van der Waals surface area contributed by atoms with Crippen LogP contribution in [0.3, 0.4) is 0 Å². The summed E-state index contributed by atoms with van der Waals surface area (Å²) in [5, 5.41) is 0. The highest BCUT2D eigenvalue weighted by Gasteiger charge is 2.04. The number of rotatable bonds is 9. The van der Waals surface area contributed by atoms with Crippen molar-refractivity contribution in [2.75, 3.05) is 34.5 Å². The maximum Gasteiger partial charge on any atom is 0.330 e. The van der Waals surface area contributed by atoms with Crippen LogP contribution in [0, 0.1) is 0 Å². The summed E-state index contributed by atoms with van der Waals surface area (Å²) >= 11 is 0. The van der Waals surface area contributed by atoms with E-state index in [0.717, 1.165) is 11.3 Å². The predicted octanol–water partition coefficient (Wildman–Crippen LogP) is 3.35. The maximum absolute atomic E-state index is 11.8. The molecular weight excluding hydrogens is 336 g/mol. The summed E-state index contributed by atoms with van der Waals surface area (Å²) in [6, 6.07) is 12.5. The summed E-state index contributed by atoms with van der Waals surface area (Å²) in [6.07, 6.45) is 3.00. The zero-order chi connectivity index (χ0) is 18.8. The van der Waals surface area contributed by atoms with Crippen LogP contribution in [0.4, 0.5) is 0 Å². The predicted molar refractivity (Wildman–Crippen MR) is 98.0 cm³/mol. The van der Waals surface area contributed by atoms with E-state index in [9.17, 15) is 4.79 Å². The van der Waals surface area contributed by atoms with Gasteiger partial charge in [-0.05, 0) is 48.0 Å². The molecule has 0 bridgehead atoms. The molecule has 0 saturated heterocycles. The van der Waals surface area contributed by atoms with E-state index < -0.39 is 5.97 Å². The fourth-order valence-corrected chi connectivity index (χ4v) is 2.14. The molecule has 2 rings (SSSR count). The van der Waals surface area contributed by atoms with Gasteiger partial charge in [0.05, 0.1) is 21.3 Å². The number of carbonyl (C=O) groups excluding carboxylic acids is 1. The van der Waals surface area contributed by atoms with E-state index in [1.54, 1.807) is 63.8 Å². The van der Waals surface area contributed by atoms with E-state index >= 15 is 0 Å². The molecule has 26 heavy (non-hydrogen) atoms. The minimum Gasteiger partial charge on any atom is -0.497 e. The van der Waals surface area contributed by atoms with Crippen molar-refractivity contribution in [1.29, 1.82) is 0 Å². The molecule has 0 atom stereocenters. The number of hydrogen-bond acceptors (Lipinski definition) is 6. The molecule has 0 amide bonds. The average Bonchev–Trinajstić information content (AvgIpc) is 2.69. The first-order chi connectivity index (χ1) is 12.7. The molecule has 2 aromatic carbocycles. The van der Waals surface area contributed by atoms with E-state index in [4.69, 9.17) is 23.7 Å². The lowest BCUT2D eigenvalue weighted by Gasteiger charge is -2.08. The minimum atomic E-state index is -0.446. The number of hydrogen-bond donors (Lipinski definition) is 0. The number of ether oxygens (including phenoxy) is 5. The molecule has 0 saturated carbocycles. The summed E-state index contributed by atoms with van der Waals surface area (Å²) in [5.41, 5.74) is 0.800. The maximum atomic E-state index is 11.8. The third-order valence-corrected chi connectivity index (χ3v) is 3.48. The second kappa shape index (κ2) is 9.98. The zero-order valence-corrected chi connectivity index (χ0v) is 15.1. The van der Waals surface area contributed by atoms with Gasteiger partial charge >= 0.3 is 5.97 Å². The van der Waals surface area contributed by atoms with Gasteiger partial charge in [0.25, 0.3) is 0 Å². The van der Waals surface area contributed by atoms with Gasteiger partial charge in [0.1, 0.15) is 24.7 Å². The Morgan fingerprint density at radius 3 is 2.19 bits per heavy atom. The Hall–Kier alpha value is -3.15. The molecule has 0 aliphatic heterocycles. The number of methoxy groups -OCH3 is 3. The van der Waals surface area contributed by atoms with Crippen LogP contribution >= 0.6 is 0 Å². The van der Waals surface area contributed by atoms with Gasteiger partial charge in [0.15, 0.2) is 11.5 Å². The molecule has 0 fully saturated rings. The average molecular weight is 358 g/mol. The molecule has 0 aliphatic rings. The second-order valence-electron chi connectivity index (χ2n) is 5.14. The highest BCUT2D eigenvalue weighted by Crippen LogP contribution is 2.27. The summed E-state index contributed by atoms with van der Waals surface area (Å²) in [6.45, 7) is 0.420. The normalized spacial score (nSPS) is 10.4. The van der Waals surface area contributed by atoms with E-state index in [1.807, 2.05) is 6.07 Å². The van der Waals surface area contributed by atoms with Crippen LogP contribution in [-0.2, 0) is 9.53 Å². The standard InChI is InChI=1S/C20H22O6/c1-22-16-6-8-17(9-7-16)25-12-13-26-20(21)11-5-15-4-10-18(23-2)19(14-15)24-3/h4-11,14H,12-13H2,1-3H3. The molecule has 138 valence electrons. The second-order valence-corrected chi connectivity index (χ2v) is 5.14. The summed E-state index contributed by atoms with van der Waals surface area (Å²) in [5.74, 6) is 2.21. The molecule has 0 spiro atoms. The Morgan fingerprint density at radius 2 is 1.54 bits per heavy atom. The van der Waals surface area contributed by atoms with Crippen molar-refractivity contribution >= 4 is 12.0 Å². The fourth-order valence-electron chi connectivity index (χ4n) is 2.14. The van der Waals surface area contributed by atoms with Crippen LogP contribution in [-0.4, -0.2) is 40.5 Å². The number of carbonyl (C=O) groups is 1. The molecule has 6 nitrogen and oxygen atoms in total. The van der Waals surface area contributed by atoms with Crippen molar-refractivity contribution in [2.24, 2.45) is 0 Å². The molecular formula is C20H22O6. The smallest absolute Gasteiger partial charge is 0.330 e. The van der Waals surface area contributed by atoms with Gasteiger partial charge in [-0.1, -0.05) is 6.07 Å². The lowest BCUT2D eigenvalue weighted by molar-refractivity contribution is -0.138. The third-order valence-electron chi connectivity index (χ3n) is 3.48. The van der Waals surface area contributed by atoms with Crippen LogP contribution in [0.25, 0.3) is 6.08 Å². The van der Waals surface area contributed by atoms with E-state index in [-0.39, 0.29) is 13.2 Å². The Balaban J connectivity index is 1.76. The van der Waals surface area contributed by atoms with Crippen LogP contribution in [0.2, 0.25) is 0 Å². The molecule has 0 unspecified atom stereocenters. The van der Waals surface area contributed by atoms with Crippen molar-refractivity contribution in [2.45, 2.75) is 0 Å². The lowest BCUT2D eigenvalue weighted by atomic mass is 10.2. The third kappa shape index (κ3) is 5.73.